The Kier molecular flexibility index (Phi) is 4.35. The van der Waals surface area contributed by atoms with E-state index in [-0.39, 0.29) is 5.92 Å². The second-order valence-electron chi connectivity index (χ2n) is 3.54. The van der Waals surface area contributed by atoms with Crippen molar-refractivity contribution in [2.45, 2.75) is 38.9 Å². The third-order valence-electron chi connectivity index (χ3n) is 1.55. The van der Waals surface area contributed by atoms with Crippen molar-refractivity contribution in [3.63, 3.8) is 0 Å². The Morgan fingerprint density at radius 1 is 1.55 bits per heavy atom. The summed E-state index contributed by atoms with van der Waals surface area (Å²) < 4.78 is 13.1. The highest BCUT2D eigenvalue weighted by Crippen LogP contribution is 2.21. The molecule has 0 aromatic heterocycles. The van der Waals surface area contributed by atoms with Crippen molar-refractivity contribution in [2.24, 2.45) is 5.92 Å². The SMILES string of the molecule is CCCC(C#N)C[Si](C)(C)F. The summed E-state index contributed by atoms with van der Waals surface area (Å²) in [5.41, 5.74) is 0. The minimum Gasteiger partial charge on any atom is -0.314 e. The molecule has 0 fully saturated rings. The van der Waals surface area contributed by atoms with Crippen molar-refractivity contribution < 1.29 is 4.11 Å². The molecule has 0 aliphatic heterocycles. The molecule has 0 radical (unpaired) electrons. The van der Waals surface area contributed by atoms with Crippen molar-refractivity contribution in [1.29, 1.82) is 5.26 Å². The largest absolute Gasteiger partial charge is 0.314 e. The van der Waals surface area contributed by atoms with Gasteiger partial charge in [0.25, 0.3) is 0 Å². The predicted molar refractivity (Wildman–Crippen MR) is 47.4 cm³/mol. The first-order chi connectivity index (χ1) is 4.99. The van der Waals surface area contributed by atoms with Crippen LogP contribution in [0.5, 0.6) is 0 Å². The van der Waals surface area contributed by atoms with Gasteiger partial charge in [0, 0.05) is 5.92 Å². The van der Waals surface area contributed by atoms with Crippen LogP contribution in [0.15, 0.2) is 0 Å². The highest BCUT2D eigenvalue weighted by atomic mass is 28.4. The van der Waals surface area contributed by atoms with E-state index in [2.05, 4.69) is 6.07 Å². The van der Waals surface area contributed by atoms with E-state index in [4.69, 9.17) is 5.26 Å². The molecule has 0 aliphatic rings. The summed E-state index contributed by atoms with van der Waals surface area (Å²) in [6.45, 7) is 5.34. The van der Waals surface area contributed by atoms with Gasteiger partial charge < -0.3 is 4.11 Å². The lowest BCUT2D eigenvalue weighted by molar-refractivity contribution is 0.614. The molecule has 1 unspecified atom stereocenters. The van der Waals surface area contributed by atoms with Crippen molar-refractivity contribution in [2.75, 3.05) is 0 Å². The Labute approximate surface area is 69.4 Å². The molecule has 0 spiro atoms. The van der Waals surface area contributed by atoms with Gasteiger partial charge in [-0.1, -0.05) is 13.3 Å². The zero-order valence-corrected chi connectivity index (χ0v) is 8.52. The number of hydrogen-bond acceptors (Lipinski definition) is 1. The van der Waals surface area contributed by atoms with Gasteiger partial charge in [0.1, 0.15) is 0 Å². The highest BCUT2D eigenvalue weighted by molar-refractivity contribution is 6.70. The molecule has 0 saturated heterocycles. The smallest absolute Gasteiger partial charge is 0.242 e. The Morgan fingerprint density at radius 2 is 2.09 bits per heavy atom. The van der Waals surface area contributed by atoms with E-state index in [1.54, 1.807) is 13.1 Å². The summed E-state index contributed by atoms with van der Waals surface area (Å²) >= 11 is 0. The number of halogens is 1. The summed E-state index contributed by atoms with van der Waals surface area (Å²) in [5.74, 6) is -0.0494. The van der Waals surface area contributed by atoms with E-state index in [1.807, 2.05) is 6.92 Å². The minimum atomic E-state index is -2.50. The number of nitriles is 1. The normalized spacial score (nSPS) is 14.1. The molecular weight excluding hydrogens is 157 g/mol. The third kappa shape index (κ3) is 6.05. The van der Waals surface area contributed by atoms with E-state index in [9.17, 15) is 4.11 Å². The fraction of sp³-hybridized carbons (Fsp3) is 0.875. The van der Waals surface area contributed by atoms with E-state index >= 15 is 0 Å². The van der Waals surface area contributed by atoms with Gasteiger partial charge in [0.05, 0.1) is 6.07 Å². The van der Waals surface area contributed by atoms with Gasteiger partial charge >= 0.3 is 0 Å². The van der Waals surface area contributed by atoms with Crippen LogP contribution in [0.2, 0.25) is 19.1 Å². The van der Waals surface area contributed by atoms with Gasteiger partial charge in [0.15, 0.2) is 0 Å². The molecule has 0 rings (SSSR count). The van der Waals surface area contributed by atoms with Crippen LogP contribution in [0.3, 0.4) is 0 Å². The van der Waals surface area contributed by atoms with Gasteiger partial charge in [-0.25, -0.2) is 0 Å². The molecule has 1 atom stereocenters. The van der Waals surface area contributed by atoms with Crippen molar-refractivity contribution in [3.05, 3.63) is 0 Å². The highest BCUT2D eigenvalue weighted by Gasteiger charge is 2.25. The second-order valence-corrected chi connectivity index (χ2v) is 7.38. The van der Waals surface area contributed by atoms with Crippen LogP contribution in [0, 0.1) is 17.2 Å². The number of nitrogens with zero attached hydrogens (tertiary/aromatic N) is 1. The maximum Gasteiger partial charge on any atom is 0.242 e. The van der Waals surface area contributed by atoms with Crippen LogP contribution in [0.1, 0.15) is 19.8 Å². The van der Waals surface area contributed by atoms with Crippen LogP contribution < -0.4 is 0 Å². The molecule has 3 heteroatoms. The summed E-state index contributed by atoms with van der Waals surface area (Å²) in [6, 6.07) is 2.65. The molecule has 0 N–H and O–H groups in total. The first kappa shape index (κ1) is 10.6. The second kappa shape index (κ2) is 4.50. The van der Waals surface area contributed by atoms with Crippen LogP contribution in [0.4, 0.5) is 4.11 Å². The zero-order valence-electron chi connectivity index (χ0n) is 7.52. The Morgan fingerprint density at radius 3 is 2.36 bits per heavy atom. The molecule has 11 heavy (non-hydrogen) atoms. The van der Waals surface area contributed by atoms with Crippen LogP contribution in [-0.4, -0.2) is 8.41 Å². The van der Waals surface area contributed by atoms with Crippen molar-refractivity contribution in [3.8, 4) is 6.07 Å². The average Bonchev–Trinajstić information content (AvgIpc) is 1.84. The van der Waals surface area contributed by atoms with Gasteiger partial charge in [0.2, 0.25) is 8.41 Å². The van der Waals surface area contributed by atoms with Crippen LogP contribution >= 0.6 is 0 Å². The van der Waals surface area contributed by atoms with Crippen LogP contribution in [0.25, 0.3) is 0 Å². The standard InChI is InChI=1S/C8H16FNSi/c1-4-5-8(6-10)7-11(2,3)9/h8H,4-5,7H2,1-3H3. The number of hydrogen-bond donors (Lipinski definition) is 0. The Hall–Kier alpha value is -0.363. The van der Waals surface area contributed by atoms with E-state index in [0.717, 1.165) is 12.8 Å². The van der Waals surface area contributed by atoms with Gasteiger partial charge in [-0.2, -0.15) is 5.26 Å². The lowest BCUT2D eigenvalue weighted by Gasteiger charge is -2.14. The first-order valence-corrected chi connectivity index (χ1v) is 7.16. The molecule has 0 amide bonds. The van der Waals surface area contributed by atoms with Gasteiger partial charge in [-0.05, 0) is 25.6 Å². The van der Waals surface area contributed by atoms with Gasteiger partial charge in [-0.15, -0.1) is 0 Å². The van der Waals surface area contributed by atoms with Crippen molar-refractivity contribution >= 4 is 8.41 Å². The molecule has 0 aromatic carbocycles. The quantitative estimate of drug-likeness (QED) is 0.473. The molecular formula is C8H16FNSi. The molecule has 0 saturated carbocycles. The predicted octanol–water partition coefficient (Wildman–Crippen LogP) is 3.10. The van der Waals surface area contributed by atoms with E-state index in [1.165, 1.54) is 0 Å². The molecule has 0 bridgehead atoms. The summed E-state index contributed by atoms with van der Waals surface area (Å²) in [4.78, 5) is 0. The average molecular weight is 173 g/mol. The van der Waals surface area contributed by atoms with Crippen molar-refractivity contribution in [1.82, 2.24) is 0 Å². The molecule has 0 aliphatic carbocycles. The minimum absolute atomic E-state index is 0.0494. The summed E-state index contributed by atoms with van der Waals surface area (Å²) in [7, 11) is -2.50. The fourth-order valence-electron chi connectivity index (χ4n) is 1.15. The lowest BCUT2D eigenvalue weighted by Crippen LogP contribution is -2.21. The lowest BCUT2D eigenvalue weighted by atomic mass is 10.1. The zero-order chi connectivity index (χ0) is 8.91. The first-order valence-electron chi connectivity index (χ1n) is 4.08. The maximum atomic E-state index is 13.1. The molecule has 0 aromatic rings. The van der Waals surface area contributed by atoms with Gasteiger partial charge in [-0.3, -0.25) is 0 Å². The topological polar surface area (TPSA) is 23.8 Å². The third-order valence-corrected chi connectivity index (χ3v) is 3.02. The Balaban J connectivity index is 3.81. The fourth-order valence-corrected chi connectivity index (χ4v) is 2.61. The maximum absolute atomic E-state index is 13.1. The van der Waals surface area contributed by atoms with E-state index < -0.39 is 8.41 Å². The molecule has 1 nitrogen and oxygen atoms in total. The number of rotatable bonds is 4. The summed E-state index contributed by atoms with van der Waals surface area (Å²) in [5, 5.41) is 8.63. The van der Waals surface area contributed by atoms with Crippen LogP contribution in [-0.2, 0) is 0 Å². The Bertz CT molecular complexity index is 145. The van der Waals surface area contributed by atoms with E-state index in [0.29, 0.717) is 6.04 Å². The molecule has 64 valence electrons. The monoisotopic (exact) mass is 173 g/mol. The molecule has 0 heterocycles. The summed E-state index contributed by atoms with van der Waals surface area (Å²) in [6.07, 6.45) is 1.82.